The highest BCUT2D eigenvalue weighted by atomic mass is 19.1. The Kier molecular flexibility index (Phi) is 4.26. The largest absolute Gasteiger partial charge is 0.380 e. The lowest BCUT2D eigenvalue weighted by molar-refractivity contribution is 0.102. The Morgan fingerprint density at radius 2 is 1.43 bits per heavy atom. The van der Waals surface area contributed by atoms with E-state index in [1.807, 2.05) is 24.3 Å². The number of anilines is 2. The van der Waals surface area contributed by atoms with Gasteiger partial charge >= 0.3 is 0 Å². The second-order valence-electron chi connectivity index (χ2n) is 5.91. The standard InChI is InChI=1S/C17H19FN2O/c1-17(2,3)20-15-10-8-14(9-11-15)19-16(21)12-4-6-13(18)7-5-12/h4-11,20H,1-3H3,(H,19,21). The number of halogens is 1. The van der Waals surface area contributed by atoms with Gasteiger partial charge in [0.05, 0.1) is 0 Å². The molecule has 2 aromatic rings. The Morgan fingerprint density at radius 1 is 0.905 bits per heavy atom. The Bertz CT molecular complexity index is 613. The average molecular weight is 286 g/mol. The van der Waals surface area contributed by atoms with Crippen molar-refractivity contribution in [1.82, 2.24) is 0 Å². The van der Waals surface area contributed by atoms with Crippen LogP contribution < -0.4 is 10.6 Å². The van der Waals surface area contributed by atoms with Crippen molar-refractivity contribution in [1.29, 1.82) is 0 Å². The summed E-state index contributed by atoms with van der Waals surface area (Å²) < 4.78 is 12.8. The number of hydrogen-bond donors (Lipinski definition) is 2. The van der Waals surface area contributed by atoms with Crippen molar-refractivity contribution >= 4 is 17.3 Å². The van der Waals surface area contributed by atoms with Crippen LogP contribution in [0.15, 0.2) is 48.5 Å². The molecule has 0 spiro atoms. The quantitative estimate of drug-likeness (QED) is 0.883. The van der Waals surface area contributed by atoms with Crippen LogP contribution >= 0.6 is 0 Å². The van der Waals surface area contributed by atoms with Crippen LogP contribution in [-0.4, -0.2) is 11.4 Å². The Balaban J connectivity index is 2.03. The molecule has 0 fully saturated rings. The smallest absolute Gasteiger partial charge is 0.255 e. The van der Waals surface area contributed by atoms with E-state index in [9.17, 15) is 9.18 Å². The van der Waals surface area contributed by atoms with Crippen LogP contribution in [0, 0.1) is 5.82 Å². The first-order valence-corrected chi connectivity index (χ1v) is 6.79. The van der Waals surface area contributed by atoms with Crippen LogP contribution in [-0.2, 0) is 0 Å². The molecule has 3 nitrogen and oxygen atoms in total. The van der Waals surface area contributed by atoms with Gasteiger partial charge < -0.3 is 10.6 Å². The van der Waals surface area contributed by atoms with Crippen LogP contribution in [0.2, 0.25) is 0 Å². The monoisotopic (exact) mass is 286 g/mol. The van der Waals surface area contributed by atoms with E-state index in [4.69, 9.17) is 0 Å². The van der Waals surface area contributed by atoms with E-state index in [0.29, 0.717) is 11.3 Å². The first-order valence-electron chi connectivity index (χ1n) is 6.79. The third-order valence-electron chi connectivity index (χ3n) is 2.77. The predicted molar refractivity (Wildman–Crippen MR) is 84.2 cm³/mol. The van der Waals surface area contributed by atoms with Crippen molar-refractivity contribution < 1.29 is 9.18 Å². The molecule has 1 amide bonds. The van der Waals surface area contributed by atoms with Crippen molar-refractivity contribution in [2.45, 2.75) is 26.3 Å². The van der Waals surface area contributed by atoms with E-state index in [1.165, 1.54) is 24.3 Å². The van der Waals surface area contributed by atoms with Crippen LogP contribution in [0.5, 0.6) is 0 Å². The van der Waals surface area contributed by atoms with E-state index in [1.54, 1.807) is 0 Å². The molecule has 0 unspecified atom stereocenters. The second kappa shape index (κ2) is 5.95. The van der Waals surface area contributed by atoms with Crippen LogP contribution in [0.1, 0.15) is 31.1 Å². The highest BCUT2D eigenvalue weighted by Crippen LogP contribution is 2.18. The average Bonchev–Trinajstić information content (AvgIpc) is 2.40. The molecule has 2 N–H and O–H groups in total. The molecule has 110 valence electrons. The SMILES string of the molecule is CC(C)(C)Nc1ccc(NC(=O)c2ccc(F)cc2)cc1. The molecule has 2 aromatic carbocycles. The lowest BCUT2D eigenvalue weighted by Crippen LogP contribution is -2.25. The summed E-state index contributed by atoms with van der Waals surface area (Å²) in [5, 5.41) is 6.12. The van der Waals surface area contributed by atoms with Gasteiger partial charge in [-0.3, -0.25) is 4.79 Å². The molecule has 0 aromatic heterocycles. The van der Waals surface area contributed by atoms with Gasteiger partial charge in [0.15, 0.2) is 0 Å². The molecule has 0 bridgehead atoms. The number of hydrogen-bond acceptors (Lipinski definition) is 2. The topological polar surface area (TPSA) is 41.1 Å². The molecule has 0 saturated heterocycles. The number of carbonyl (C=O) groups excluding carboxylic acids is 1. The summed E-state index contributed by atoms with van der Waals surface area (Å²) in [4.78, 5) is 12.0. The van der Waals surface area contributed by atoms with E-state index < -0.39 is 0 Å². The Hall–Kier alpha value is -2.36. The van der Waals surface area contributed by atoms with Gasteiger partial charge in [-0.15, -0.1) is 0 Å². The maximum absolute atomic E-state index is 12.8. The summed E-state index contributed by atoms with van der Waals surface area (Å²) in [6, 6.07) is 12.9. The summed E-state index contributed by atoms with van der Waals surface area (Å²) in [6.45, 7) is 6.24. The summed E-state index contributed by atoms with van der Waals surface area (Å²) in [5.74, 6) is -0.615. The molecular formula is C17H19FN2O. The highest BCUT2D eigenvalue weighted by molar-refractivity contribution is 6.04. The van der Waals surface area contributed by atoms with Crippen molar-refractivity contribution in [2.75, 3.05) is 10.6 Å². The van der Waals surface area contributed by atoms with E-state index in [-0.39, 0.29) is 17.3 Å². The fraction of sp³-hybridized carbons (Fsp3) is 0.235. The fourth-order valence-corrected chi connectivity index (χ4v) is 1.87. The first kappa shape index (κ1) is 15.0. The zero-order valence-corrected chi connectivity index (χ0v) is 12.4. The molecule has 2 rings (SSSR count). The third-order valence-corrected chi connectivity index (χ3v) is 2.77. The number of amides is 1. The molecule has 0 atom stereocenters. The first-order chi connectivity index (χ1) is 9.83. The van der Waals surface area contributed by atoms with Gasteiger partial charge in [-0.2, -0.15) is 0 Å². The van der Waals surface area contributed by atoms with Gasteiger partial charge in [-0.1, -0.05) is 0 Å². The zero-order valence-electron chi connectivity index (χ0n) is 12.4. The maximum atomic E-state index is 12.8. The molecule has 0 heterocycles. The predicted octanol–water partition coefficient (Wildman–Crippen LogP) is 4.29. The van der Waals surface area contributed by atoms with Crippen molar-refractivity contribution in [3.63, 3.8) is 0 Å². The molecule has 0 aliphatic heterocycles. The van der Waals surface area contributed by atoms with Crippen molar-refractivity contribution in [2.24, 2.45) is 0 Å². The van der Waals surface area contributed by atoms with Crippen LogP contribution in [0.4, 0.5) is 15.8 Å². The van der Waals surface area contributed by atoms with Crippen LogP contribution in [0.3, 0.4) is 0 Å². The summed E-state index contributed by atoms with van der Waals surface area (Å²) in [6.07, 6.45) is 0. The number of carbonyl (C=O) groups is 1. The maximum Gasteiger partial charge on any atom is 0.255 e. The minimum atomic E-state index is -0.357. The molecule has 0 aliphatic rings. The third kappa shape index (κ3) is 4.60. The molecule has 4 heteroatoms. The molecule has 0 saturated carbocycles. The number of nitrogens with one attached hydrogen (secondary N) is 2. The zero-order chi connectivity index (χ0) is 15.5. The normalized spacial score (nSPS) is 11.0. The second-order valence-corrected chi connectivity index (χ2v) is 5.91. The fourth-order valence-electron chi connectivity index (χ4n) is 1.87. The minimum absolute atomic E-state index is 0.0150. The van der Waals surface area contributed by atoms with E-state index in [0.717, 1.165) is 5.69 Å². The minimum Gasteiger partial charge on any atom is -0.380 e. The van der Waals surface area contributed by atoms with Crippen molar-refractivity contribution in [3.8, 4) is 0 Å². The molecule has 0 radical (unpaired) electrons. The van der Waals surface area contributed by atoms with Gasteiger partial charge in [0.2, 0.25) is 0 Å². The van der Waals surface area contributed by atoms with Crippen LogP contribution in [0.25, 0.3) is 0 Å². The number of benzene rings is 2. The van der Waals surface area contributed by atoms with E-state index in [2.05, 4.69) is 31.4 Å². The van der Waals surface area contributed by atoms with Crippen molar-refractivity contribution in [3.05, 3.63) is 59.9 Å². The van der Waals surface area contributed by atoms with Gasteiger partial charge in [-0.05, 0) is 69.3 Å². The van der Waals surface area contributed by atoms with Gasteiger partial charge in [0.25, 0.3) is 5.91 Å². The Morgan fingerprint density at radius 3 is 1.95 bits per heavy atom. The van der Waals surface area contributed by atoms with Gasteiger partial charge in [0, 0.05) is 22.5 Å². The lowest BCUT2D eigenvalue weighted by atomic mass is 10.1. The summed E-state index contributed by atoms with van der Waals surface area (Å²) in [5.41, 5.74) is 2.10. The summed E-state index contributed by atoms with van der Waals surface area (Å²) >= 11 is 0. The molecule has 0 aliphatic carbocycles. The number of rotatable bonds is 3. The Labute approximate surface area is 124 Å². The molecular weight excluding hydrogens is 267 g/mol. The summed E-state index contributed by atoms with van der Waals surface area (Å²) in [7, 11) is 0. The highest BCUT2D eigenvalue weighted by Gasteiger charge is 2.09. The lowest BCUT2D eigenvalue weighted by Gasteiger charge is -2.22. The molecule has 21 heavy (non-hydrogen) atoms. The van der Waals surface area contributed by atoms with E-state index >= 15 is 0 Å². The van der Waals surface area contributed by atoms with Gasteiger partial charge in [-0.25, -0.2) is 4.39 Å². The van der Waals surface area contributed by atoms with Gasteiger partial charge in [0.1, 0.15) is 5.82 Å².